The lowest BCUT2D eigenvalue weighted by molar-refractivity contribution is -0.149. The lowest BCUT2D eigenvalue weighted by Crippen LogP contribution is -2.40. The molecule has 0 N–H and O–H groups in total. The Balaban J connectivity index is 1.32. The van der Waals surface area contributed by atoms with Crippen molar-refractivity contribution < 1.29 is 31.9 Å². The zero-order chi connectivity index (χ0) is 29.0. The monoisotopic (exact) mass is 585 g/mol. The van der Waals surface area contributed by atoms with Gasteiger partial charge in [0.15, 0.2) is 16.7 Å². The van der Waals surface area contributed by atoms with Crippen LogP contribution in [0.1, 0.15) is 41.7 Å². The zero-order valence-electron chi connectivity index (χ0n) is 22.0. The summed E-state index contributed by atoms with van der Waals surface area (Å²) in [6.45, 7) is 2.89. The van der Waals surface area contributed by atoms with E-state index in [0.29, 0.717) is 49.1 Å². The van der Waals surface area contributed by atoms with E-state index in [1.54, 1.807) is 46.7 Å². The van der Waals surface area contributed by atoms with E-state index in [4.69, 9.17) is 9.15 Å². The molecule has 0 saturated carbocycles. The van der Waals surface area contributed by atoms with E-state index < -0.39 is 11.7 Å². The Morgan fingerprint density at radius 3 is 2.54 bits per heavy atom. The summed E-state index contributed by atoms with van der Waals surface area (Å²) >= 11 is 1.17. The number of alkyl halides is 3. The average molecular weight is 586 g/mol. The molecule has 0 unspecified atom stereocenters. The molecule has 0 radical (unpaired) electrons. The van der Waals surface area contributed by atoms with Gasteiger partial charge in [0.05, 0.1) is 29.5 Å². The fourth-order valence-corrected chi connectivity index (χ4v) is 5.34. The number of likely N-dealkylation sites (tertiary alicyclic amines) is 1. The fourth-order valence-electron chi connectivity index (χ4n) is 4.53. The van der Waals surface area contributed by atoms with Crippen molar-refractivity contribution in [2.24, 2.45) is 5.92 Å². The van der Waals surface area contributed by atoms with Gasteiger partial charge in [0.25, 0.3) is 5.91 Å². The van der Waals surface area contributed by atoms with Gasteiger partial charge in [0, 0.05) is 18.7 Å². The summed E-state index contributed by atoms with van der Waals surface area (Å²) in [6.07, 6.45) is -2.21. The van der Waals surface area contributed by atoms with E-state index in [1.165, 1.54) is 24.1 Å². The van der Waals surface area contributed by atoms with Gasteiger partial charge in [-0.2, -0.15) is 13.2 Å². The van der Waals surface area contributed by atoms with Crippen LogP contribution in [0.15, 0.2) is 70.4 Å². The third-order valence-electron chi connectivity index (χ3n) is 6.59. The SMILES string of the molecule is CCOC(=O)C1CCN(C(=O)c2coc(CSc3nnc(-c4ccccc4)n3-c3cccc(C(F)(F)F)c3)n2)CC1. The van der Waals surface area contributed by atoms with Crippen molar-refractivity contribution >= 4 is 23.6 Å². The maximum atomic E-state index is 13.5. The number of hydrogen-bond donors (Lipinski definition) is 0. The van der Waals surface area contributed by atoms with Gasteiger partial charge >= 0.3 is 12.1 Å². The summed E-state index contributed by atoms with van der Waals surface area (Å²) in [7, 11) is 0. The van der Waals surface area contributed by atoms with Gasteiger partial charge in [-0.25, -0.2) is 4.98 Å². The maximum absolute atomic E-state index is 13.5. The number of hydrogen-bond acceptors (Lipinski definition) is 8. The molecule has 9 nitrogen and oxygen atoms in total. The number of carbonyl (C=O) groups is 2. The molecule has 3 heterocycles. The number of carbonyl (C=O) groups excluding carboxylic acids is 2. The van der Waals surface area contributed by atoms with Crippen LogP contribution in [0.4, 0.5) is 13.2 Å². The summed E-state index contributed by atoms with van der Waals surface area (Å²) in [5, 5.41) is 8.82. The molecular formula is C28H26F3N5O4S. The predicted molar refractivity (Wildman–Crippen MR) is 143 cm³/mol. The average Bonchev–Trinajstić information content (AvgIpc) is 3.63. The number of halogens is 3. The standard InChI is InChI=1S/C28H26F3N5O4S/c1-2-39-26(38)19-11-13-35(14-12-19)25(37)22-16-40-23(32-22)17-41-27-34-33-24(18-7-4-3-5-8-18)36(27)21-10-6-9-20(15-21)28(29,30)31/h3-10,15-16,19H,2,11-14,17H2,1H3. The topological polar surface area (TPSA) is 103 Å². The minimum Gasteiger partial charge on any atom is -0.466 e. The van der Waals surface area contributed by atoms with Crippen molar-refractivity contribution in [3.05, 3.63) is 78.0 Å². The lowest BCUT2D eigenvalue weighted by atomic mass is 9.97. The highest BCUT2D eigenvalue weighted by Crippen LogP contribution is 2.34. The highest BCUT2D eigenvalue weighted by molar-refractivity contribution is 7.98. The van der Waals surface area contributed by atoms with Crippen LogP contribution in [0, 0.1) is 5.92 Å². The molecule has 0 spiro atoms. The second kappa shape index (κ2) is 12.2. The molecule has 0 bridgehead atoms. The summed E-state index contributed by atoms with van der Waals surface area (Å²) < 4.78 is 52.6. The summed E-state index contributed by atoms with van der Waals surface area (Å²) in [6, 6.07) is 14.0. The van der Waals surface area contributed by atoms with Crippen LogP contribution in [-0.2, 0) is 21.5 Å². The van der Waals surface area contributed by atoms with Crippen LogP contribution >= 0.6 is 11.8 Å². The minimum atomic E-state index is -4.51. The van der Waals surface area contributed by atoms with Gasteiger partial charge < -0.3 is 14.1 Å². The number of thioether (sulfide) groups is 1. The van der Waals surface area contributed by atoms with Crippen LogP contribution in [0.25, 0.3) is 17.1 Å². The largest absolute Gasteiger partial charge is 0.466 e. The van der Waals surface area contributed by atoms with Gasteiger partial charge in [-0.15, -0.1) is 10.2 Å². The Kier molecular flexibility index (Phi) is 8.43. The Morgan fingerprint density at radius 1 is 1.07 bits per heavy atom. The van der Waals surface area contributed by atoms with E-state index in [0.717, 1.165) is 12.1 Å². The third-order valence-corrected chi connectivity index (χ3v) is 7.51. The molecule has 2 aromatic carbocycles. The number of rotatable bonds is 8. The summed E-state index contributed by atoms with van der Waals surface area (Å²) in [5.74, 6) is 0.0173. The molecule has 214 valence electrons. The Labute approximate surface area is 237 Å². The van der Waals surface area contributed by atoms with Crippen LogP contribution < -0.4 is 0 Å². The van der Waals surface area contributed by atoms with Gasteiger partial charge in [-0.05, 0) is 38.0 Å². The predicted octanol–water partition coefficient (Wildman–Crippen LogP) is 5.65. The van der Waals surface area contributed by atoms with Crippen molar-refractivity contribution in [3.63, 3.8) is 0 Å². The summed E-state index contributed by atoms with van der Waals surface area (Å²) in [5.41, 5.74) is 0.279. The van der Waals surface area contributed by atoms with Crippen LogP contribution in [0.2, 0.25) is 0 Å². The number of oxazole rings is 1. The van der Waals surface area contributed by atoms with Crippen molar-refractivity contribution in [2.75, 3.05) is 19.7 Å². The molecule has 2 aromatic heterocycles. The third kappa shape index (κ3) is 6.45. The first-order chi connectivity index (χ1) is 19.7. The van der Waals surface area contributed by atoms with Gasteiger partial charge in [-0.3, -0.25) is 14.2 Å². The number of piperidine rings is 1. The molecule has 4 aromatic rings. The highest BCUT2D eigenvalue weighted by atomic mass is 32.2. The number of benzene rings is 2. The Hall–Kier alpha value is -4.13. The molecule has 0 atom stereocenters. The second-order valence-corrected chi connectivity index (χ2v) is 10.2. The molecule has 13 heteroatoms. The molecule has 41 heavy (non-hydrogen) atoms. The highest BCUT2D eigenvalue weighted by Gasteiger charge is 2.32. The number of esters is 1. The zero-order valence-corrected chi connectivity index (χ0v) is 22.8. The van der Waals surface area contributed by atoms with Crippen molar-refractivity contribution in [3.8, 4) is 17.1 Å². The van der Waals surface area contributed by atoms with Crippen LogP contribution in [0.5, 0.6) is 0 Å². The van der Waals surface area contributed by atoms with E-state index in [9.17, 15) is 22.8 Å². The van der Waals surface area contributed by atoms with E-state index in [2.05, 4.69) is 15.2 Å². The quantitative estimate of drug-likeness (QED) is 0.193. The number of aromatic nitrogens is 4. The molecule has 1 saturated heterocycles. The first kappa shape index (κ1) is 28.4. The molecule has 1 fully saturated rings. The molecule has 1 aliphatic rings. The number of nitrogens with zero attached hydrogens (tertiary/aromatic N) is 5. The summed E-state index contributed by atoms with van der Waals surface area (Å²) in [4.78, 5) is 30.9. The van der Waals surface area contributed by atoms with Crippen LogP contribution in [0.3, 0.4) is 0 Å². The minimum absolute atomic E-state index is 0.138. The molecule has 0 aliphatic carbocycles. The van der Waals surface area contributed by atoms with Crippen LogP contribution in [-0.4, -0.2) is 56.2 Å². The fraction of sp³-hybridized carbons (Fsp3) is 0.321. The number of ether oxygens (including phenoxy) is 1. The Bertz CT molecular complexity index is 1510. The lowest BCUT2D eigenvalue weighted by Gasteiger charge is -2.30. The smallest absolute Gasteiger partial charge is 0.416 e. The molecular weight excluding hydrogens is 559 g/mol. The molecule has 1 amide bonds. The number of amides is 1. The van der Waals surface area contributed by atoms with E-state index >= 15 is 0 Å². The van der Waals surface area contributed by atoms with Gasteiger partial charge in [0.1, 0.15) is 6.26 Å². The second-order valence-electron chi connectivity index (χ2n) is 9.29. The van der Waals surface area contributed by atoms with Gasteiger partial charge in [-0.1, -0.05) is 48.2 Å². The first-order valence-corrected chi connectivity index (χ1v) is 13.9. The van der Waals surface area contributed by atoms with Crippen molar-refractivity contribution in [1.29, 1.82) is 0 Å². The van der Waals surface area contributed by atoms with E-state index in [1.807, 2.05) is 6.07 Å². The van der Waals surface area contributed by atoms with Crippen molar-refractivity contribution in [2.45, 2.75) is 36.9 Å². The van der Waals surface area contributed by atoms with Crippen molar-refractivity contribution in [1.82, 2.24) is 24.6 Å². The molecule has 5 rings (SSSR count). The first-order valence-electron chi connectivity index (χ1n) is 13.0. The Morgan fingerprint density at radius 2 is 1.83 bits per heavy atom. The van der Waals surface area contributed by atoms with Gasteiger partial charge in [0.2, 0.25) is 5.89 Å². The maximum Gasteiger partial charge on any atom is 0.416 e. The van der Waals surface area contributed by atoms with E-state index in [-0.39, 0.29) is 40.8 Å². The molecule has 1 aliphatic heterocycles. The normalized spacial score (nSPS) is 14.3.